The number of benzene rings is 1. The number of methoxy groups -OCH3 is 2. The second-order valence-corrected chi connectivity index (χ2v) is 5.17. The van der Waals surface area contributed by atoms with E-state index in [1.165, 1.54) is 11.3 Å². The minimum Gasteiger partial charge on any atom is -0.385 e. The van der Waals surface area contributed by atoms with Crippen LogP contribution in [0.15, 0.2) is 24.3 Å². The largest absolute Gasteiger partial charge is 0.385 e. The van der Waals surface area contributed by atoms with Gasteiger partial charge in [-0.2, -0.15) is 0 Å². The highest BCUT2D eigenvalue weighted by molar-refractivity contribution is 5.48. The van der Waals surface area contributed by atoms with Crippen LogP contribution in [-0.2, 0) is 9.47 Å². The zero-order valence-corrected chi connectivity index (χ0v) is 13.9. The molecule has 4 heteroatoms. The molecule has 4 nitrogen and oxygen atoms in total. The molecule has 0 radical (unpaired) electrons. The Balaban J connectivity index is 2.72. The molecule has 0 amide bonds. The predicted molar refractivity (Wildman–Crippen MR) is 89.1 cm³/mol. The topological polar surface area (TPSA) is 33.7 Å². The van der Waals surface area contributed by atoms with Crippen molar-refractivity contribution < 1.29 is 9.47 Å². The molecular formula is C17H30N2O2. The van der Waals surface area contributed by atoms with Gasteiger partial charge in [0.2, 0.25) is 0 Å². The van der Waals surface area contributed by atoms with E-state index in [0.29, 0.717) is 6.04 Å². The normalized spacial score (nSPS) is 12.4. The molecule has 0 saturated carbocycles. The Morgan fingerprint density at radius 1 is 1.05 bits per heavy atom. The standard InChI is InChI=1S/C17H30N2O2/c1-5-17(18-2)15-7-9-16(10-8-15)19(12-14-21-4)11-6-13-20-3/h7-10,17-18H,5-6,11-14H2,1-4H3. The van der Waals surface area contributed by atoms with Gasteiger partial charge in [-0.3, -0.25) is 0 Å². The average molecular weight is 294 g/mol. The molecule has 0 heterocycles. The molecule has 120 valence electrons. The fourth-order valence-electron chi connectivity index (χ4n) is 2.50. The summed E-state index contributed by atoms with van der Waals surface area (Å²) in [6, 6.07) is 9.28. The summed E-state index contributed by atoms with van der Waals surface area (Å²) in [7, 11) is 5.50. The van der Waals surface area contributed by atoms with E-state index in [1.54, 1.807) is 14.2 Å². The van der Waals surface area contributed by atoms with E-state index in [2.05, 4.69) is 41.4 Å². The van der Waals surface area contributed by atoms with Gasteiger partial charge in [-0.1, -0.05) is 19.1 Å². The molecule has 0 aliphatic rings. The monoisotopic (exact) mass is 294 g/mol. The summed E-state index contributed by atoms with van der Waals surface area (Å²) in [4.78, 5) is 2.35. The summed E-state index contributed by atoms with van der Waals surface area (Å²) in [5, 5.41) is 3.34. The third-order valence-electron chi connectivity index (χ3n) is 3.76. The predicted octanol–water partition coefficient (Wildman–Crippen LogP) is 2.85. The Bertz CT molecular complexity index is 364. The Kier molecular flexibility index (Phi) is 9.06. The number of hydrogen-bond donors (Lipinski definition) is 1. The van der Waals surface area contributed by atoms with Crippen molar-refractivity contribution in [2.24, 2.45) is 0 Å². The zero-order chi connectivity index (χ0) is 15.5. The van der Waals surface area contributed by atoms with Crippen molar-refractivity contribution in [1.29, 1.82) is 0 Å². The van der Waals surface area contributed by atoms with Gasteiger partial charge < -0.3 is 19.7 Å². The van der Waals surface area contributed by atoms with Crippen molar-refractivity contribution in [3.63, 3.8) is 0 Å². The lowest BCUT2D eigenvalue weighted by Gasteiger charge is -2.25. The summed E-state index contributed by atoms with van der Waals surface area (Å²) in [5.74, 6) is 0. The van der Waals surface area contributed by atoms with Crippen molar-refractivity contribution in [3.05, 3.63) is 29.8 Å². The molecule has 1 N–H and O–H groups in total. The minimum atomic E-state index is 0.431. The lowest BCUT2D eigenvalue weighted by Crippen LogP contribution is -2.29. The molecule has 1 aromatic carbocycles. The molecule has 21 heavy (non-hydrogen) atoms. The Hall–Kier alpha value is -1.10. The molecule has 0 spiro atoms. The molecule has 1 atom stereocenters. The van der Waals surface area contributed by atoms with Crippen LogP contribution >= 0.6 is 0 Å². The number of anilines is 1. The van der Waals surface area contributed by atoms with Crippen LogP contribution in [0.25, 0.3) is 0 Å². The van der Waals surface area contributed by atoms with Gasteiger partial charge >= 0.3 is 0 Å². The molecule has 0 fully saturated rings. The van der Waals surface area contributed by atoms with Crippen molar-refractivity contribution in [2.45, 2.75) is 25.8 Å². The van der Waals surface area contributed by atoms with Gasteiger partial charge in [-0.05, 0) is 37.6 Å². The third-order valence-corrected chi connectivity index (χ3v) is 3.76. The SMILES string of the molecule is CCC(NC)c1ccc(N(CCCOC)CCOC)cc1. The Morgan fingerprint density at radius 3 is 2.24 bits per heavy atom. The van der Waals surface area contributed by atoms with E-state index in [0.717, 1.165) is 39.1 Å². The molecule has 1 rings (SSSR count). The van der Waals surface area contributed by atoms with Crippen molar-refractivity contribution in [1.82, 2.24) is 5.32 Å². The van der Waals surface area contributed by atoms with E-state index >= 15 is 0 Å². The smallest absolute Gasteiger partial charge is 0.0637 e. The molecule has 0 aliphatic carbocycles. The van der Waals surface area contributed by atoms with Gasteiger partial charge in [0.05, 0.1) is 6.61 Å². The van der Waals surface area contributed by atoms with Crippen LogP contribution in [0.2, 0.25) is 0 Å². The highest BCUT2D eigenvalue weighted by Crippen LogP contribution is 2.21. The van der Waals surface area contributed by atoms with Crippen LogP contribution < -0.4 is 10.2 Å². The van der Waals surface area contributed by atoms with Crippen LogP contribution in [0.1, 0.15) is 31.4 Å². The molecule has 0 aromatic heterocycles. The Morgan fingerprint density at radius 2 is 1.71 bits per heavy atom. The van der Waals surface area contributed by atoms with Crippen LogP contribution in [0.3, 0.4) is 0 Å². The first-order chi connectivity index (χ1) is 10.3. The van der Waals surface area contributed by atoms with E-state index in [4.69, 9.17) is 9.47 Å². The summed E-state index contributed by atoms with van der Waals surface area (Å²) < 4.78 is 10.4. The first kappa shape index (κ1) is 18.0. The molecular weight excluding hydrogens is 264 g/mol. The van der Waals surface area contributed by atoms with Crippen molar-refractivity contribution >= 4 is 5.69 Å². The number of nitrogens with zero attached hydrogens (tertiary/aromatic N) is 1. The van der Waals surface area contributed by atoms with Gasteiger partial charge in [0, 0.05) is 45.6 Å². The van der Waals surface area contributed by atoms with E-state index in [-0.39, 0.29) is 0 Å². The van der Waals surface area contributed by atoms with Crippen molar-refractivity contribution in [2.75, 3.05) is 52.5 Å². The van der Waals surface area contributed by atoms with Crippen LogP contribution in [0.5, 0.6) is 0 Å². The molecule has 0 saturated heterocycles. The zero-order valence-electron chi connectivity index (χ0n) is 13.9. The first-order valence-electron chi connectivity index (χ1n) is 7.76. The average Bonchev–Trinajstić information content (AvgIpc) is 2.53. The maximum absolute atomic E-state index is 5.21. The summed E-state index contributed by atoms with van der Waals surface area (Å²) in [5.41, 5.74) is 2.59. The highest BCUT2D eigenvalue weighted by Gasteiger charge is 2.09. The molecule has 1 unspecified atom stereocenters. The highest BCUT2D eigenvalue weighted by atomic mass is 16.5. The third kappa shape index (κ3) is 6.04. The number of rotatable bonds is 11. The van der Waals surface area contributed by atoms with Gasteiger partial charge in [0.1, 0.15) is 0 Å². The quantitative estimate of drug-likeness (QED) is 0.636. The fourth-order valence-corrected chi connectivity index (χ4v) is 2.50. The van der Waals surface area contributed by atoms with Crippen LogP contribution in [0, 0.1) is 0 Å². The van der Waals surface area contributed by atoms with Gasteiger partial charge in [-0.15, -0.1) is 0 Å². The molecule has 0 bridgehead atoms. The van der Waals surface area contributed by atoms with Crippen LogP contribution in [-0.4, -0.2) is 47.6 Å². The summed E-state index contributed by atoms with van der Waals surface area (Å²) in [6.45, 7) is 5.62. The van der Waals surface area contributed by atoms with Gasteiger partial charge in [0.15, 0.2) is 0 Å². The fraction of sp³-hybridized carbons (Fsp3) is 0.647. The lowest BCUT2D eigenvalue weighted by molar-refractivity contribution is 0.191. The maximum Gasteiger partial charge on any atom is 0.0637 e. The van der Waals surface area contributed by atoms with E-state index < -0.39 is 0 Å². The lowest BCUT2D eigenvalue weighted by atomic mass is 10.0. The number of hydrogen-bond acceptors (Lipinski definition) is 4. The second-order valence-electron chi connectivity index (χ2n) is 5.17. The molecule has 1 aromatic rings. The maximum atomic E-state index is 5.21. The van der Waals surface area contributed by atoms with E-state index in [9.17, 15) is 0 Å². The number of nitrogens with one attached hydrogen (secondary N) is 1. The number of ether oxygens (including phenoxy) is 2. The molecule has 0 aliphatic heterocycles. The minimum absolute atomic E-state index is 0.431. The first-order valence-corrected chi connectivity index (χ1v) is 7.76. The summed E-state index contributed by atoms with van der Waals surface area (Å²) in [6.07, 6.45) is 2.12. The van der Waals surface area contributed by atoms with E-state index in [1.807, 2.05) is 7.05 Å². The van der Waals surface area contributed by atoms with Gasteiger partial charge in [0.25, 0.3) is 0 Å². The second kappa shape index (κ2) is 10.6. The van der Waals surface area contributed by atoms with Crippen LogP contribution in [0.4, 0.5) is 5.69 Å². The van der Waals surface area contributed by atoms with Crippen molar-refractivity contribution in [3.8, 4) is 0 Å². The van der Waals surface area contributed by atoms with Gasteiger partial charge in [-0.25, -0.2) is 0 Å². The Labute approximate surface area is 129 Å². The summed E-state index contributed by atoms with van der Waals surface area (Å²) >= 11 is 0.